The lowest BCUT2D eigenvalue weighted by Gasteiger charge is -2.09. The van der Waals surface area contributed by atoms with E-state index < -0.39 is 13.6 Å². The smallest absolute Gasteiger partial charge is 0.355 e. The Morgan fingerprint density at radius 2 is 2.07 bits per heavy atom. The minimum absolute atomic E-state index is 0.0213. The van der Waals surface area contributed by atoms with E-state index in [0.717, 1.165) is 0 Å². The standard InChI is InChI=1S/C8H15O6P/c1-4-12-8(9)7(3)6-13-14-15(10,11)5-2/h3-6H2,1-2H3,(H,10,11). The fraction of sp³-hybridized carbons (Fsp3) is 0.625. The summed E-state index contributed by atoms with van der Waals surface area (Å²) in [5.74, 6) is -0.620. The Morgan fingerprint density at radius 1 is 1.47 bits per heavy atom. The van der Waals surface area contributed by atoms with Gasteiger partial charge in [0.1, 0.15) is 6.61 Å². The van der Waals surface area contributed by atoms with Crippen molar-refractivity contribution in [2.75, 3.05) is 19.4 Å². The van der Waals surface area contributed by atoms with Gasteiger partial charge in [0.15, 0.2) is 0 Å². The van der Waals surface area contributed by atoms with Crippen LogP contribution in [-0.2, 0) is 23.7 Å². The molecule has 0 aromatic heterocycles. The molecule has 0 aliphatic carbocycles. The average Bonchev–Trinajstić information content (AvgIpc) is 2.18. The maximum Gasteiger partial charge on any atom is 0.355 e. The van der Waals surface area contributed by atoms with Crippen molar-refractivity contribution in [1.29, 1.82) is 0 Å². The molecule has 0 saturated heterocycles. The van der Waals surface area contributed by atoms with E-state index in [1.54, 1.807) is 6.92 Å². The lowest BCUT2D eigenvalue weighted by molar-refractivity contribution is -0.205. The molecule has 1 unspecified atom stereocenters. The minimum Gasteiger partial charge on any atom is -0.463 e. The number of carbonyl (C=O) groups excluding carboxylic acids is 1. The maximum absolute atomic E-state index is 11.0. The second kappa shape index (κ2) is 6.74. The highest BCUT2D eigenvalue weighted by Crippen LogP contribution is 2.41. The van der Waals surface area contributed by atoms with Crippen molar-refractivity contribution in [2.45, 2.75) is 13.8 Å². The molecule has 0 heterocycles. The molecule has 7 heteroatoms. The van der Waals surface area contributed by atoms with E-state index >= 15 is 0 Å². The van der Waals surface area contributed by atoms with Gasteiger partial charge >= 0.3 is 13.6 Å². The summed E-state index contributed by atoms with van der Waals surface area (Å²) in [4.78, 5) is 24.3. The zero-order valence-electron chi connectivity index (χ0n) is 8.76. The number of ether oxygens (including phenoxy) is 1. The highest BCUT2D eigenvalue weighted by Gasteiger charge is 2.18. The molecule has 0 aromatic carbocycles. The Kier molecular flexibility index (Phi) is 6.43. The predicted molar refractivity (Wildman–Crippen MR) is 53.2 cm³/mol. The second-order valence-electron chi connectivity index (χ2n) is 2.61. The average molecular weight is 238 g/mol. The minimum atomic E-state index is -3.69. The van der Waals surface area contributed by atoms with E-state index in [1.807, 2.05) is 0 Å². The molecule has 15 heavy (non-hydrogen) atoms. The van der Waals surface area contributed by atoms with E-state index in [0.29, 0.717) is 0 Å². The summed E-state index contributed by atoms with van der Waals surface area (Å²) in [5.41, 5.74) is 0.0213. The molecule has 0 rings (SSSR count). The summed E-state index contributed by atoms with van der Waals surface area (Å²) in [7, 11) is -3.69. The SMILES string of the molecule is C=C(COOP(=O)(O)CC)C(=O)OCC. The van der Waals surface area contributed by atoms with Gasteiger partial charge in [0.05, 0.1) is 12.2 Å². The first kappa shape index (κ1) is 14.3. The summed E-state index contributed by atoms with van der Waals surface area (Å²) in [5, 5.41) is 0. The van der Waals surface area contributed by atoms with Gasteiger partial charge in [0.2, 0.25) is 0 Å². The fourth-order valence-electron chi connectivity index (χ4n) is 0.525. The molecular formula is C8H15O6P. The predicted octanol–water partition coefficient (Wildman–Crippen LogP) is 1.26. The zero-order chi connectivity index (χ0) is 11.9. The number of esters is 1. The van der Waals surface area contributed by atoms with Crippen molar-refractivity contribution < 1.29 is 28.6 Å². The van der Waals surface area contributed by atoms with Gasteiger partial charge in [-0.15, -0.1) is 4.67 Å². The molecule has 0 bridgehead atoms. The summed E-state index contributed by atoms with van der Waals surface area (Å²) in [6.07, 6.45) is -0.0706. The van der Waals surface area contributed by atoms with Crippen LogP contribution in [0.3, 0.4) is 0 Å². The van der Waals surface area contributed by atoms with Gasteiger partial charge in [0.25, 0.3) is 0 Å². The molecule has 0 saturated carbocycles. The molecule has 6 nitrogen and oxygen atoms in total. The molecule has 1 atom stereocenters. The van der Waals surface area contributed by atoms with Crippen molar-refractivity contribution in [3.63, 3.8) is 0 Å². The largest absolute Gasteiger partial charge is 0.463 e. The Bertz CT molecular complexity index is 274. The van der Waals surface area contributed by atoms with E-state index in [1.165, 1.54) is 6.92 Å². The Hall–Kier alpha value is -0.680. The van der Waals surface area contributed by atoms with Gasteiger partial charge < -0.3 is 9.63 Å². The Morgan fingerprint density at radius 3 is 2.53 bits per heavy atom. The molecule has 0 fully saturated rings. The summed E-state index contributed by atoms with van der Waals surface area (Å²) in [6.45, 7) is 6.42. The van der Waals surface area contributed by atoms with Crippen LogP contribution in [-0.4, -0.2) is 30.2 Å². The highest BCUT2D eigenvalue weighted by atomic mass is 31.2. The van der Waals surface area contributed by atoms with Crippen LogP contribution in [0.5, 0.6) is 0 Å². The van der Waals surface area contributed by atoms with E-state index in [4.69, 9.17) is 4.89 Å². The third-order valence-electron chi connectivity index (χ3n) is 1.37. The van der Waals surface area contributed by atoms with Crippen LogP contribution in [0.4, 0.5) is 0 Å². The van der Waals surface area contributed by atoms with E-state index in [-0.39, 0.29) is 24.9 Å². The van der Waals surface area contributed by atoms with Gasteiger partial charge in [0, 0.05) is 6.16 Å². The van der Waals surface area contributed by atoms with Crippen LogP contribution >= 0.6 is 7.60 Å². The third kappa shape index (κ3) is 6.41. The number of carbonyl (C=O) groups is 1. The zero-order valence-corrected chi connectivity index (χ0v) is 9.66. The van der Waals surface area contributed by atoms with Crippen LogP contribution in [0.1, 0.15) is 13.8 Å². The molecular weight excluding hydrogens is 223 g/mol. The molecule has 0 spiro atoms. The first-order valence-electron chi connectivity index (χ1n) is 4.40. The number of hydrogen-bond donors (Lipinski definition) is 1. The van der Waals surface area contributed by atoms with E-state index in [9.17, 15) is 9.36 Å². The molecule has 88 valence electrons. The van der Waals surface area contributed by atoms with Crippen LogP contribution in [0, 0.1) is 0 Å². The van der Waals surface area contributed by atoms with Gasteiger partial charge in [-0.2, -0.15) is 0 Å². The van der Waals surface area contributed by atoms with Gasteiger partial charge in [-0.25, -0.2) is 9.68 Å². The van der Waals surface area contributed by atoms with Crippen molar-refractivity contribution >= 4 is 13.6 Å². The Balaban J connectivity index is 3.83. The van der Waals surface area contributed by atoms with Gasteiger partial charge in [-0.1, -0.05) is 13.5 Å². The maximum atomic E-state index is 11.0. The van der Waals surface area contributed by atoms with Crippen LogP contribution in [0.15, 0.2) is 12.2 Å². The summed E-state index contributed by atoms with van der Waals surface area (Å²) >= 11 is 0. The normalized spacial score (nSPS) is 14.3. The van der Waals surface area contributed by atoms with Crippen molar-refractivity contribution in [3.05, 3.63) is 12.2 Å². The first-order chi connectivity index (χ1) is 6.93. The van der Waals surface area contributed by atoms with Crippen LogP contribution < -0.4 is 0 Å². The van der Waals surface area contributed by atoms with E-state index in [2.05, 4.69) is 20.9 Å². The van der Waals surface area contributed by atoms with Crippen LogP contribution in [0.25, 0.3) is 0 Å². The molecule has 0 aliphatic rings. The highest BCUT2D eigenvalue weighted by molar-refractivity contribution is 7.52. The Labute approximate surface area is 88.3 Å². The molecule has 0 radical (unpaired) electrons. The molecule has 0 amide bonds. The van der Waals surface area contributed by atoms with Crippen molar-refractivity contribution in [1.82, 2.24) is 0 Å². The number of hydrogen-bond acceptors (Lipinski definition) is 5. The van der Waals surface area contributed by atoms with Gasteiger partial charge in [-0.3, -0.25) is 4.57 Å². The molecule has 0 aliphatic heterocycles. The van der Waals surface area contributed by atoms with Gasteiger partial charge in [-0.05, 0) is 6.92 Å². The number of rotatable bonds is 7. The molecule has 1 N–H and O–H groups in total. The monoisotopic (exact) mass is 238 g/mol. The lowest BCUT2D eigenvalue weighted by Crippen LogP contribution is -2.11. The fourth-order valence-corrected chi connectivity index (χ4v) is 0.847. The van der Waals surface area contributed by atoms with Crippen molar-refractivity contribution in [3.8, 4) is 0 Å². The van der Waals surface area contributed by atoms with Crippen molar-refractivity contribution in [2.24, 2.45) is 0 Å². The molecule has 0 aromatic rings. The summed E-state index contributed by atoms with van der Waals surface area (Å²) < 4.78 is 19.7. The topological polar surface area (TPSA) is 82.1 Å². The lowest BCUT2D eigenvalue weighted by atomic mass is 10.3. The first-order valence-corrected chi connectivity index (χ1v) is 6.17. The quantitative estimate of drug-likeness (QED) is 0.236. The summed E-state index contributed by atoms with van der Waals surface area (Å²) in [6, 6.07) is 0. The second-order valence-corrected chi connectivity index (χ2v) is 4.67. The van der Waals surface area contributed by atoms with Crippen LogP contribution in [0.2, 0.25) is 0 Å². The third-order valence-corrected chi connectivity index (χ3v) is 2.50.